The van der Waals surface area contributed by atoms with Crippen LogP contribution in [-0.2, 0) is 14.4 Å². The molecule has 0 aromatic heterocycles. The molecule has 0 aliphatic rings. The zero-order valence-corrected chi connectivity index (χ0v) is 10.0. The second-order valence-corrected chi connectivity index (χ2v) is 5.83. The first-order valence-electron chi connectivity index (χ1n) is 4.92. The minimum atomic E-state index is -3.60. The Bertz CT molecular complexity index is 278. The van der Waals surface area contributed by atoms with Crippen LogP contribution in [0.3, 0.4) is 0 Å². The molecule has 0 aliphatic heterocycles. The Balaban J connectivity index is 3.95. The minimum absolute atomic E-state index is 0.0367. The van der Waals surface area contributed by atoms with Gasteiger partial charge >= 0.3 is 91.0 Å². The van der Waals surface area contributed by atoms with Gasteiger partial charge in [-0.05, 0) is 0 Å². The average Bonchev–Trinajstić information content (AvgIpc) is 2.18. The molecule has 0 unspecified atom stereocenters. The third-order valence-electron chi connectivity index (χ3n) is 2.06. The van der Waals surface area contributed by atoms with E-state index in [1.165, 1.54) is 0 Å². The van der Waals surface area contributed by atoms with E-state index in [2.05, 4.69) is 13.8 Å². The summed E-state index contributed by atoms with van der Waals surface area (Å²) in [5.41, 5.74) is 0. The van der Waals surface area contributed by atoms with Crippen molar-refractivity contribution in [3.63, 3.8) is 0 Å². The van der Waals surface area contributed by atoms with E-state index >= 15 is 0 Å². The predicted octanol–water partition coefficient (Wildman–Crippen LogP) is -0.336. The molecular weight excluding hydrogens is 217 g/mol. The molecule has 5 nitrogen and oxygen atoms in total. The molecule has 0 atom stereocenters. The molecule has 15 heavy (non-hydrogen) atoms. The summed E-state index contributed by atoms with van der Waals surface area (Å²) < 4.78 is 31.9. The van der Waals surface area contributed by atoms with Gasteiger partial charge in [-0.1, -0.05) is 0 Å². The van der Waals surface area contributed by atoms with E-state index in [9.17, 15) is 13.1 Å². The van der Waals surface area contributed by atoms with Crippen LogP contribution in [0, 0.1) is 5.92 Å². The Labute approximate surface area is 91.5 Å². The van der Waals surface area contributed by atoms with E-state index in [4.69, 9.17) is 5.11 Å². The number of hydrogen-bond acceptors (Lipinski definition) is 5. The van der Waals surface area contributed by atoms with Crippen LogP contribution in [0.25, 0.3) is 0 Å². The van der Waals surface area contributed by atoms with E-state index in [-0.39, 0.29) is 25.5 Å². The van der Waals surface area contributed by atoms with Crippen molar-refractivity contribution in [2.45, 2.75) is 20.3 Å². The van der Waals surface area contributed by atoms with Crippen molar-refractivity contribution in [2.24, 2.45) is 5.92 Å². The Morgan fingerprint density at radius 1 is 1.33 bits per heavy atom. The van der Waals surface area contributed by atoms with Crippen LogP contribution in [0.2, 0.25) is 0 Å². The fourth-order valence-corrected chi connectivity index (χ4v) is 1.61. The van der Waals surface area contributed by atoms with Gasteiger partial charge in [-0.2, -0.15) is 0 Å². The van der Waals surface area contributed by atoms with Gasteiger partial charge in [0.2, 0.25) is 0 Å². The quantitative estimate of drug-likeness (QED) is 0.460. The van der Waals surface area contributed by atoms with Crippen molar-refractivity contribution in [3.8, 4) is 0 Å². The Hall–Kier alpha value is -0.265. The fourth-order valence-electron chi connectivity index (χ4n) is 0.998. The van der Waals surface area contributed by atoms with Crippen molar-refractivity contribution in [1.29, 1.82) is 0 Å². The summed E-state index contributed by atoms with van der Waals surface area (Å²) in [4.78, 5) is 1.61. The molecule has 0 bridgehead atoms. The second kappa shape index (κ2) is 7.08. The van der Waals surface area contributed by atoms with Gasteiger partial charge in [-0.3, -0.25) is 0 Å². The Morgan fingerprint density at radius 2 is 1.93 bits per heavy atom. The van der Waals surface area contributed by atoms with Crippen LogP contribution < -0.4 is 0 Å². The number of aliphatic hydroxyl groups is 1. The second-order valence-electron chi connectivity index (χ2n) is 3.91. The summed E-state index contributed by atoms with van der Waals surface area (Å²) in [6.45, 7) is 4.77. The van der Waals surface area contributed by atoms with E-state index in [1.807, 2.05) is 0 Å². The standard InChI is InChI=1S/C8H18BNO4S/c1-8(2)3-4-10(7-11)5-6-15(13,14)9-12/h8,11H,3-7H2,1-2H3. The Morgan fingerprint density at radius 3 is 2.33 bits per heavy atom. The van der Waals surface area contributed by atoms with Gasteiger partial charge in [0.15, 0.2) is 0 Å². The molecule has 0 radical (unpaired) electrons. The summed E-state index contributed by atoms with van der Waals surface area (Å²) in [7, 11) is -3.60. The van der Waals surface area contributed by atoms with E-state index < -0.39 is 9.69 Å². The van der Waals surface area contributed by atoms with Crippen molar-refractivity contribution in [1.82, 2.24) is 4.90 Å². The molecule has 0 aromatic rings. The maximum atomic E-state index is 10.9. The molecule has 0 rings (SSSR count). The monoisotopic (exact) mass is 235 g/mol. The molecule has 0 spiro atoms. The summed E-state index contributed by atoms with van der Waals surface area (Å²) in [5.74, 6) is 0.275. The number of rotatable bonds is 8. The zero-order chi connectivity index (χ0) is 11.9. The number of nitrogens with zero attached hydrogens (tertiary/aromatic N) is 1. The molecule has 1 N–H and O–H groups in total. The molecular formula is C8H18BNO4S. The molecule has 7 heteroatoms. The first kappa shape index (κ1) is 14.7. The topological polar surface area (TPSA) is 74.7 Å². The first-order chi connectivity index (χ1) is 6.91. The average molecular weight is 235 g/mol. The normalized spacial score (nSPS) is 12.1. The zero-order valence-electron chi connectivity index (χ0n) is 9.22. The van der Waals surface area contributed by atoms with Gasteiger partial charge in [0.1, 0.15) is 0 Å². The van der Waals surface area contributed by atoms with Gasteiger partial charge in [0, 0.05) is 0 Å². The molecule has 0 saturated carbocycles. The molecule has 0 heterocycles. The molecule has 0 aliphatic carbocycles. The van der Waals surface area contributed by atoms with Crippen LogP contribution >= 0.6 is 0 Å². The SMILES string of the molecule is CC(C)CCN(CO)CCS(=O)(=O)B=O. The third kappa shape index (κ3) is 7.64. The van der Waals surface area contributed by atoms with E-state index in [0.717, 1.165) is 6.42 Å². The van der Waals surface area contributed by atoms with Gasteiger partial charge in [-0.25, -0.2) is 0 Å². The molecule has 0 aromatic carbocycles. The van der Waals surface area contributed by atoms with Crippen LogP contribution in [0.1, 0.15) is 20.3 Å². The summed E-state index contributed by atoms with van der Waals surface area (Å²) >= 11 is 0. The van der Waals surface area contributed by atoms with Crippen molar-refractivity contribution in [3.05, 3.63) is 0 Å². The van der Waals surface area contributed by atoms with Crippen molar-refractivity contribution >= 4 is 16.1 Å². The van der Waals surface area contributed by atoms with Gasteiger partial charge in [-0.15, -0.1) is 0 Å². The maximum absolute atomic E-state index is 10.9. The molecule has 0 amide bonds. The molecule has 88 valence electrons. The van der Waals surface area contributed by atoms with Crippen LogP contribution in [0.5, 0.6) is 0 Å². The summed E-state index contributed by atoms with van der Waals surface area (Å²) in [5, 5.41) is 8.95. The third-order valence-corrected chi connectivity index (χ3v) is 3.11. The predicted molar refractivity (Wildman–Crippen MR) is 58.3 cm³/mol. The Kier molecular flexibility index (Phi) is 6.96. The van der Waals surface area contributed by atoms with Crippen LogP contribution in [0.15, 0.2) is 0 Å². The van der Waals surface area contributed by atoms with Gasteiger partial charge in [0.05, 0.1) is 0 Å². The number of aliphatic hydroxyl groups excluding tert-OH is 1. The fraction of sp³-hybridized carbons (Fsp3) is 1.00. The summed E-state index contributed by atoms with van der Waals surface area (Å²) in [6, 6.07) is 0. The summed E-state index contributed by atoms with van der Waals surface area (Å²) in [6.07, 6.45) is 0.854. The van der Waals surface area contributed by atoms with Gasteiger partial charge in [0.25, 0.3) is 0 Å². The van der Waals surface area contributed by atoms with E-state index in [0.29, 0.717) is 12.5 Å². The van der Waals surface area contributed by atoms with Crippen molar-refractivity contribution < 1.29 is 18.2 Å². The molecule has 0 saturated heterocycles. The van der Waals surface area contributed by atoms with Gasteiger partial charge < -0.3 is 0 Å². The van der Waals surface area contributed by atoms with Crippen LogP contribution in [-0.4, -0.2) is 50.4 Å². The molecule has 0 fully saturated rings. The van der Waals surface area contributed by atoms with Crippen molar-refractivity contribution in [2.75, 3.05) is 25.6 Å². The van der Waals surface area contributed by atoms with E-state index in [1.54, 1.807) is 4.90 Å². The number of hydrogen-bond donors (Lipinski definition) is 1. The first-order valence-corrected chi connectivity index (χ1v) is 6.64. The van der Waals surface area contributed by atoms with Crippen LogP contribution in [0.4, 0.5) is 0 Å².